The van der Waals surface area contributed by atoms with Gasteiger partial charge in [-0.25, -0.2) is 4.68 Å². The minimum Gasteiger partial charge on any atom is -0.336 e. The molecule has 2 aromatic rings. The molecule has 3 N–H and O–H groups in total. The molecule has 0 bridgehead atoms. The van der Waals surface area contributed by atoms with E-state index in [1.165, 1.54) is 10.7 Å². The van der Waals surface area contributed by atoms with Gasteiger partial charge in [-0.05, 0) is 31.9 Å². The van der Waals surface area contributed by atoms with Crippen molar-refractivity contribution in [2.45, 2.75) is 25.8 Å². The van der Waals surface area contributed by atoms with Gasteiger partial charge in [0.1, 0.15) is 5.69 Å². The van der Waals surface area contributed by atoms with Crippen LogP contribution in [0.15, 0.2) is 35.1 Å². The molecular formula is C16H20N4O2. The highest BCUT2D eigenvalue weighted by atomic mass is 16.2. The summed E-state index contributed by atoms with van der Waals surface area (Å²) < 4.78 is 1.39. The molecule has 6 nitrogen and oxygen atoms in total. The zero-order chi connectivity index (χ0) is 15.7. The standard InChI is InChI=1S/C16H20N4O2/c1-11-4-6-13(7-5-11)20-15(21)9-14(18-20)16(22)19-8-2-3-12(17)10-19/h4-7,9,12,18H,2-3,8,10,17H2,1H3. The Morgan fingerprint density at radius 2 is 2.05 bits per heavy atom. The first-order valence-electron chi connectivity index (χ1n) is 7.48. The molecule has 0 spiro atoms. The Morgan fingerprint density at radius 3 is 2.73 bits per heavy atom. The van der Waals surface area contributed by atoms with E-state index in [0.29, 0.717) is 24.5 Å². The lowest BCUT2D eigenvalue weighted by molar-refractivity contribution is 0.0702. The van der Waals surface area contributed by atoms with Gasteiger partial charge in [0.05, 0.1) is 5.69 Å². The molecule has 116 valence electrons. The number of aryl methyl sites for hydroxylation is 1. The van der Waals surface area contributed by atoms with E-state index in [4.69, 9.17) is 5.73 Å². The van der Waals surface area contributed by atoms with Gasteiger partial charge in [-0.3, -0.25) is 14.7 Å². The zero-order valence-electron chi connectivity index (χ0n) is 12.6. The second-order valence-electron chi connectivity index (χ2n) is 5.83. The Kier molecular flexibility index (Phi) is 3.85. The zero-order valence-corrected chi connectivity index (χ0v) is 12.6. The summed E-state index contributed by atoms with van der Waals surface area (Å²) in [5, 5.41) is 2.90. The van der Waals surface area contributed by atoms with Crippen molar-refractivity contribution in [2.24, 2.45) is 5.73 Å². The molecule has 1 saturated heterocycles. The summed E-state index contributed by atoms with van der Waals surface area (Å²) in [4.78, 5) is 26.3. The van der Waals surface area contributed by atoms with Gasteiger partial charge in [-0.1, -0.05) is 17.7 Å². The van der Waals surface area contributed by atoms with Crippen LogP contribution >= 0.6 is 0 Å². The summed E-state index contributed by atoms with van der Waals surface area (Å²) in [6, 6.07) is 8.91. The molecule has 1 aliphatic rings. The number of nitrogens with one attached hydrogen (secondary N) is 1. The van der Waals surface area contributed by atoms with Crippen LogP contribution in [0.4, 0.5) is 0 Å². The van der Waals surface area contributed by atoms with Gasteiger partial charge in [0.25, 0.3) is 11.5 Å². The van der Waals surface area contributed by atoms with Crippen molar-refractivity contribution in [3.05, 3.63) is 51.9 Å². The number of H-pyrrole nitrogens is 1. The summed E-state index contributed by atoms with van der Waals surface area (Å²) >= 11 is 0. The molecule has 1 aromatic carbocycles. The van der Waals surface area contributed by atoms with E-state index in [-0.39, 0.29) is 17.5 Å². The average molecular weight is 300 g/mol. The minimum atomic E-state index is -0.242. The van der Waals surface area contributed by atoms with Crippen LogP contribution < -0.4 is 11.3 Å². The molecule has 6 heteroatoms. The number of aromatic amines is 1. The van der Waals surface area contributed by atoms with Gasteiger partial charge in [-0.15, -0.1) is 0 Å². The Hall–Kier alpha value is -2.34. The number of benzene rings is 1. The minimum absolute atomic E-state index is 0.0172. The predicted molar refractivity (Wildman–Crippen MR) is 84.2 cm³/mol. The highest BCUT2D eigenvalue weighted by Crippen LogP contribution is 2.12. The highest BCUT2D eigenvalue weighted by Gasteiger charge is 2.24. The van der Waals surface area contributed by atoms with E-state index < -0.39 is 0 Å². The number of piperidine rings is 1. The molecule has 3 rings (SSSR count). The van der Waals surface area contributed by atoms with E-state index in [9.17, 15) is 9.59 Å². The molecule has 1 aromatic heterocycles. The molecule has 1 atom stereocenters. The topological polar surface area (TPSA) is 84.1 Å². The second-order valence-corrected chi connectivity index (χ2v) is 5.83. The first kappa shape index (κ1) is 14.6. The third-order valence-electron chi connectivity index (χ3n) is 3.99. The maximum absolute atomic E-state index is 12.5. The second kappa shape index (κ2) is 5.81. The van der Waals surface area contributed by atoms with Crippen molar-refractivity contribution in [1.82, 2.24) is 14.7 Å². The fourth-order valence-electron chi connectivity index (χ4n) is 2.76. The Labute approximate surface area is 128 Å². The molecular weight excluding hydrogens is 280 g/mol. The monoisotopic (exact) mass is 300 g/mol. The van der Waals surface area contributed by atoms with Crippen LogP contribution in [0.1, 0.15) is 28.9 Å². The lowest BCUT2D eigenvalue weighted by Crippen LogP contribution is -2.45. The third-order valence-corrected chi connectivity index (χ3v) is 3.99. The number of likely N-dealkylation sites (tertiary alicyclic amines) is 1. The van der Waals surface area contributed by atoms with Crippen LogP contribution in [0.25, 0.3) is 5.69 Å². The van der Waals surface area contributed by atoms with E-state index in [2.05, 4.69) is 5.10 Å². The van der Waals surface area contributed by atoms with Crippen molar-refractivity contribution in [3.8, 4) is 5.69 Å². The lowest BCUT2D eigenvalue weighted by atomic mass is 10.1. The van der Waals surface area contributed by atoms with Gasteiger partial charge in [-0.2, -0.15) is 0 Å². The highest BCUT2D eigenvalue weighted by molar-refractivity contribution is 5.92. The van der Waals surface area contributed by atoms with Gasteiger partial charge in [0, 0.05) is 25.2 Å². The summed E-state index contributed by atoms with van der Waals surface area (Å²) in [5.74, 6) is -0.168. The number of hydrogen-bond donors (Lipinski definition) is 2. The van der Waals surface area contributed by atoms with Crippen molar-refractivity contribution in [3.63, 3.8) is 0 Å². The maximum atomic E-state index is 12.5. The van der Waals surface area contributed by atoms with Crippen molar-refractivity contribution >= 4 is 5.91 Å². The quantitative estimate of drug-likeness (QED) is 0.869. The number of aromatic nitrogens is 2. The van der Waals surface area contributed by atoms with E-state index in [1.54, 1.807) is 4.90 Å². The number of nitrogens with two attached hydrogens (primary N) is 1. The number of amides is 1. The van der Waals surface area contributed by atoms with Crippen molar-refractivity contribution in [2.75, 3.05) is 13.1 Å². The summed E-state index contributed by atoms with van der Waals surface area (Å²) in [6.45, 7) is 3.21. The van der Waals surface area contributed by atoms with Crippen LogP contribution in [0.2, 0.25) is 0 Å². The average Bonchev–Trinajstić information content (AvgIpc) is 2.89. The molecule has 2 heterocycles. The molecule has 1 fully saturated rings. The summed E-state index contributed by atoms with van der Waals surface area (Å²) in [7, 11) is 0. The Morgan fingerprint density at radius 1 is 1.32 bits per heavy atom. The molecule has 1 amide bonds. The third kappa shape index (κ3) is 2.82. The molecule has 1 unspecified atom stereocenters. The van der Waals surface area contributed by atoms with E-state index >= 15 is 0 Å². The first-order valence-corrected chi connectivity index (χ1v) is 7.48. The van der Waals surface area contributed by atoms with E-state index in [1.807, 2.05) is 31.2 Å². The smallest absolute Gasteiger partial charge is 0.272 e. The molecule has 1 aliphatic heterocycles. The fraction of sp³-hybridized carbons (Fsp3) is 0.375. The normalized spacial score (nSPS) is 18.5. The number of nitrogens with zero attached hydrogens (tertiary/aromatic N) is 2. The van der Waals surface area contributed by atoms with Gasteiger partial charge >= 0.3 is 0 Å². The van der Waals surface area contributed by atoms with Gasteiger partial charge in [0.2, 0.25) is 0 Å². The summed E-state index contributed by atoms with van der Waals surface area (Å²) in [5.41, 5.74) is 7.80. The SMILES string of the molecule is Cc1ccc(-n2[nH]c(C(=O)N3CCCC(N)C3)cc2=O)cc1. The summed E-state index contributed by atoms with van der Waals surface area (Å²) in [6.07, 6.45) is 1.83. The fourth-order valence-corrected chi connectivity index (χ4v) is 2.76. The van der Waals surface area contributed by atoms with Crippen LogP contribution in [0.5, 0.6) is 0 Å². The number of rotatable bonds is 2. The molecule has 22 heavy (non-hydrogen) atoms. The Balaban J connectivity index is 1.87. The Bertz CT molecular complexity index is 729. The lowest BCUT2D eigenvalue weighted by Gasteiger charge is -2.30. The van der Waals surface area contributed by atoms with E-state index in [0.717, 1.165) is 18.4 Å². The van der Waals surface area contributed by atoms with Crippen molar-refractivity contribution < 1.29 is 4.79 Å². The largest absolute Gasteiger partial charge is 0.336 e. The van der Waals surface area contributed by atoms with Crippen LogP contribution in [0.3, 0.4) is 0 Å². The van der Waals surface area contributed by atoms with Crippen LogP contribution in [0, 0.1) is 6.92 Å². The van der Waals surface area contributed by atoms with Gasteiger partial charge < -0.3 is 10.6 Å². The van der Waals surface area contributed by atoms with Crippen LogP contribution in [-0.4, -0.2) is 39.7 Å². The molecule has 0 aliphatic carbocycles. The molecule has 0 radical (unpaired) electrons. The van der Waals surface area contributed by atoms with Crippen molar-refractivity contribution in [1.29, 1.82) is 0 Å². The first-order chi connectivity index (χ1) is 10.5. The van der Waals surface area contributed by atoms with Crippen LogP contribution in [-0.2, 0) is 0 Å². The number of carbonyl (C=O) groups excluding carboxylic acids is 1. The maximum Gasteiger partial charge on any atom is 0.272 e. The number of hydrogen-bond acceptors (Lipinski definition) is 3. The predicted octanol–water partition coefficient (Wildman–Crippen LogP) is 1.04. The molecule has 0 saturated carbocycles. The number of carbonyl (C=O) groups is 1. The van der Waals surface area contributed by atoms with Gasteiger partial charge in [0.15, 0.2) is 0 Å².